The third kappa shape index (κ3) is 4.48. The monoisotopic (exact) mass is 485 g/mol. The molecule has 36 heavy (non-hydrogen) atoms. The first-order chi connectivity index (χ1) is 17.4. The fourth-order valence-corrected chi connectivity index (χ4v) is 5.35. The van der Waals surface area contributed by atoms with E-state index in [4.69, 9.17) is 4.98 Å². The van der Waals surface area contributed by atoms with E-state index in [1.54, 1.807) is 6.20 Å². The number of hydrogen-bond acceptors (Lipinski definition) is 7. The van der Waals surface area contributed by atoms with E-state index in [2.05, 4.69) is 33.7 Å². The van der Waals surface area contributed by atoms with Crippen LogP contribution in [0.5, 0.6) is 0 Å². The van der Waals surface area contributed by atoms with Crippen LogP contribution in [0.4, 0.5) is 11.6 Å². The maximum absolute atomic E-state index is 12.5. The van der Waals surface area contributed by atoms with Gasteiger partial charge in [0.2, 0.25) is 5.91 Å². The lowest BCUT2D eigenvalue weighted by atomic mass is 9.81. The van der Waals surface area contributed by atoms with Gasteiger partial charge in [-0.15, -0.1) is 0 Å². The van der Waals surface area contributed by atoms with E-state index in [1.165, 1.54) is 0 Å². The lowest BCUT2D eigenvalue weighted by Crippen LogP contribution is -2.28. The molecule has 0 unspecified atom stereocenters. The van der Waals surface area contributed by atoms with E-state index < -0.39 is 5.41 Å². The molecule has 2 aromatic rings. The Morgan fingerprint density at radius 3 is 2.58 bits per heavy atom. The first kappa shape index (κ1) is 22.8. The molecule has 0 spiro atoms. The molecule has 6 rings (SSSR count). The summed E-state index contributed by atoms with van der Waals surface area (Å²) in [6.45, 7) is 3.94. The summed E-state index contributed by atoms with van der Waals surface area (Å²) in [4.78, 5) is 29.2. The Morgan fingerprint density at radius 1 is 1.22 bits per heavy atom. The van der Waals surface area contributed by atoms with Crippen LogP contribution in [0.2, 0.25) is 0 Å². The molecule has 3 saturated carbocycles. The molecule has 4 aliphatic rings. The van der Waals surface area contributed by atoms with Crippen LogP contribution >= 0.6 is 0 Å². The first-order valence-corrected chi connectivity index (χ1v) is 13.0. The highest BCUT2D eigenvalue weighted by atomic mass is 16.2. The molecule has 9 nitrogen and oxygen atoms in total. The Labute approximate surface area is 210 Å². The highest BCUT2D eigenvalue weighted by Gasteiger charge is 2.50. The van der Waals surface area contributed by atoms with E-state index in [9.17, 15) is 14.9 Å². The summed E-state index contributed by atoms with van der Waals surface area (Å²) in [5.41, 5.74) is 2.39. The zero-order chi connectivity index (χ0) is 24.9. The second-order valence-corrected chi connectivity index (χ2v) is 10.8. The van der Waals surface area contributed by atoms with Crippen LogP contribution in [-0.4, -0.2) is 38.4 Å². The number of hydrogen-bond donors (Lipinski definition) is 3. The number of nitrogens with zero attached hydrogens (tertiary/aromatic N) is 4. The third-order valence-electron chi connectivity index (χ3n) is 7.96. The molecular weight excluding hydrogens is 454 g/mol. The van der Waals surface area contributed by atoms with E-state index in [1.807, 2.05) is 16.7 Å². The second-order valence-electron chi connectivity index (χ2n) is 10.8. The fourth-order valence-electron chi connectivity index (χ4n) is 5.35. The number of amides is 1. The van der Waals surface area contributed by atoms with Crippen LogP contribution in [0.25, 0.3) is 11.7 Å². The molecule has 0 bridgehead atoms. The van der Waals surface area contributed by atoms with Gasteiger partial charge in [0.1, 0.15) is 17.1 Å². The Bertz CT molecular complexity index is 1320. The van der Waals surface area contributed by atoms with Crippen LogP contribution in [0.3, 0.4) is 0 Å². The zero-order valence-electron chi connectivity index (χ0n) is 20.3. The van der Waals surface area contributed by atoms with Crippen molar-refractivity contribution in [2.24, 2.45) is 11.3 Å². The molecule has 1 saturated heterocycles. The van der Waals surface area contributed by atoms with Gasteiger partial charge >= 0.3 is 0 Å². The van der Waals surface area contributed by atoms with Gasteiger partial charge in [0.05, 0.1) is 18.7 Å². The molecule has 1 aliphatic heterocycles. The van der Waals surface area contributed by atoms with Crippen molar-refractivity contribution in [3.8, 4) is 6.07 Å². The summed E-state index contributed by atoms with van der Waals surface area (Å²) in [6.07, 6.45) is 12.2. The molecule has 0 aromatic carbocycles. The smallest absolute Gasteiger partial charge is 0.228 e. The molecule has 9 heteroatoms. The van der Waals surface area contributed by atoms with Crippen molar-refractivity contribution in [3.05, 3.63) is 35.7 Å². The number of fused-ring (bicyclic) bond motifs is 1. The summed E-state index contributed by atoms with van der Waals surface area (Å²) in [5.74, 6) is 2.17. The van der Waals surface area contributed by atoms with Gasteiger partial charge in [-0.1, -0.05) is 6.58 Å². The number of nitriles is 1. The number of anilines is 2. The van der Waals surface area contributed by atoms with E-state index in [0.29, 0.717) is 30.5 Å². The second kappa shape index (κ2) is 8.77. The number of rotatable bonds is 8. The summed E-state index contributed by atoms with van der Waals surface area (Å²) < 4.78 is 1.83. The van der Waals surface area contributed by atoms with E-state index in [-0.39, 0.29) is 17.7 Å². The summed E-state index contributed by atoms with van der Waals surface area (Å²) in [7, 11) is 0. The standard InChI is InChI=1S/C27H31N7O2/c1-16-18(12-25(36)30-16)11-19-14-29-34-24(32-21-6-7-21)13-23(33-26(19)34)31-20-4-2-17(3-5-20)10-22(35)27(15-28)8-9-27/h11,13-14,17,20-21,32H,1-10,12H2,(H,30,36)(H,31,33)/b18-11+. The number of aromatic nitrogens is 3. The van der Waals surface area contributed by atoms with E-state index >= 15 is 0 Å². The number of carbonyl (C=O) groups excluding carboxylic acids is 2. The maximum Gasteiger partial charge on any atom is 0.228 e. The van der Waals surface area contributed by atoms with Crippen molar-refractivity contribution in [1.82, 2.24) is 19.9 Å². The topological polar surface area (TPSA) is 124 Å². The van der Waals surface area contributed by atoms with Gasteiger partial charge in [0.15, 0.2) is 11.4 Å². The third-order valence-corrected chi connectivity index (χ3v) is 7.96. The zero-order valence-corrected chi connectivity index (χ0v) is 20.3. The normalized spacial score (nSPS) is 26.0. The molecule has 0 radical (unpaired) electrons. The molecule has 0 atom stereocenters. The largest absolute Gasteiger partial charge is 0.367 e. The molecular formula is C27H31N7O2. The van der Waals surface area contributed by atoms with Gasteiger partial charge < -0.3 is 16.0 Å². The molecule has 4 fully saturated rings. The van der Waals surface area contributed by atoms with Crippen molar-refractivity contribution in [2.75, 3.05) is 10.6 Å². The number of nitrogens with one attached hydrogen (secondary N) is 3. The van der Waals surface area contributed by atoms with Crippen LogP contribution < -0.4 is 16.0 Å². The Kier molecular flexibility index (Phi) is 5.55. The van der Waals surface area contributed by atoms with Crippen molar-refractivity contribution < 1.29 is 9.59 Å². The van der Waals surface area contributed by atoms with Crippen molar-refractivity contribution in [3.63, 3.8) is 0 Å². The lowest BCUT2D eigenvalue weighted by Gasteiger charge is -2.29. The molecule has 186 valence electrons. The number of carbonyl (C=O) groups is 2. The number of Topliss-reactive ketones (excluding diaryl/α,β-unsaturated/α-hetero) is 1. The van der Waals surface area contributed by atoms with Crippen LogP contribution in [0.15, 0.2) is 30.1 Å². The number of allylic oxidation sites excluding steroid dienone is 1. The fraction of sp³-hybridized carbons (Fsp3) is 0.519. The van der Waals surface area contributed by atoms with E-state index in [0.717, 1.165) is 79.8 Å². The molecule has 1 amide bonds. The quantitative estimate of drug-likeness (QED) is 0.517. The minimum Gasteiger partial charge on any atom is -0.367 e. The Morgan fingerprint density at radius 2 is 1.94 bits per heavy atom. The summed E-state index contributed by atoms with van der Waals surface area (Å²) in [6, 6.07) is 5.00. The minimum atomic E-state index is -0.661. The average molecular weight is 486 g/mol. The Hall–Kier alpha value is -3.67. The first-order valence-electron chi connectivity index (χ1n) is 13.0. The minimum absolute atomic E-state index is 0.0497. The maximum atomic E-state index is 12.5. The van der Waals surface area contributed by atoms with Crippen LogP contribution in [0, 0.1) is 22.7 Å². The molecule has 3 heterocycles. The summed E-state index contributed by atoms with van der Waals surface area (Å²) in [5, 5.41) is 23.8. The lowest BCUT2D eigenvalue weighted by molar-refractivity contribution is -0.123. The predicted molar refractivity (Wildman–Crippen MR) is 136 cm³/mol. The SMILES string of the molecule is C=C1NC(=O)C/C1=C\c1cnn2c(NC3CC3)cc(NC3CCC(CC(=O)C4(C#N)CC4)CC3)nc12. The van der Waals surface area contributed by atoms with Crippen LogP contribution in [0.1, 0.15) is 69.8 Å². The van der Waals surface area contributed by atoms with Gasteiger partial charge in [0.25, 0.3) is 0 Å². The average Bonchev–Trinajstić information content (AvgIpc) is 3.77. The van der Waals surface area contributed by atoms with Gasteiger partial charge in [-0.25, -0.2) is 4.98 Å². The highest BCUT2D eigenvalue weighted by Crippen LogP contribution is 2.47. The highest BCUT2D eigenvalue weighted by molar-refractivity contribution is 5.90. The van der Waals surface area contributed by atoms with Gasteiger partial charge in [-0.2, -0.15) is 14.9 Å². The van der Waals surface area contributed by atoms with Gasteiger partial charge in [-0.3, -0.25) is 9.59 Å². The Balaban J connectivity index is 1.18. The van der Waals surface area contributed by atoms with Crippen LogP contribution in [-0.2, 0) is 9.59 Å². The predicted octanol–water partition coefficient (Wildman–Crippen LogP) is 3.95. The van der Waals surface area contributed by atoms with Crippen molar-refractivity contribution in [1.29, 1.82) is 5.26 Å². The van der Waals surface area contributed by atoms with Gasteiger partial charge in [0, 0.05) is 35.8 Å². The molecule has 2 aromatic heterocycles. The number of ketones is 1. The van der Waals surface area contributed by atoms with Gasteiger partial charge in [-0.05, 0) is 68.9 Å². The molecule has 3 aliphatic carbocycles. The molecule has 3 N–H and O–H groups in total. The van der Waals surface area contributed by atoms with Crippen molar-refractivity contribution in [2.45, 2.75) is 76.3 Å². The van der Waals surface area contributed by atoms with Crippen molar-refractivity contribution >= 4 is 35.0 Å². The summed E-state index contributed by atoms with van der Waals surface area (Å²) >= 11 is 0.